The van der Waals surface area contributed by atoms with Gasteiger partial charge in [-0.1, -0.05) is 23.7 Å². The van der Waals surface area contributed by atoms with Crippen LogP contribution in [0, 0.1) is 9.39 Å². The molecule has 106 valence electrons. The van der Waals surface area contributed by atoms with Gasteiger partial charge in [-0.25, -0.2) is 9.37 Å². The van der Waals surface area contributed by atoms with Gasteiger partial charge in [-0.3, -0.25) is 0 Å². The molecule has 3 rings (SSSR count). The Hall–Kier alpha value is -1.40. The molecule has 0 saturated heterocycles. The average molecular weight is 413 g/mol. The van der Waals surface area contributed by atoms with Crippen LogP contribution in [0.3, 0.4) is 0 Å². The molecule has 0 N–H and O–H groups in total. The standard InChI is InChI=1S/C16H11ClFIN2/c17-13-3-6-15(18)12(9-13)10-21-8-7-20-16(21)11-1-4-14(19)5-2-11/h1-9H,10H2. The minimum Gasteiger partial charge on any atom is -0.326 e. The summed E-state index contributed by atoms with van der Waals surface area (Å²) >= 11 is 8.20. The number of rotatable bonds is 3. The van der Waals surface area contributed by atoms with Crippen LogP contribution in [0.4, 0.5) is 4.39 Å². The quantitative estimate of drug-likeness (QED) is 0.554. The van der Waals surface area contributed by atoms with Gasteiger partial charge in [-0.15, -0.1) is 0 Å². The van der Waals surface area contributed by atoms with Crippen molar-refractivity contribution in [1.82, 2.24) is 9.55 Å². The van der Waals surface area contributed by atoms with Crippen LogP contribution in [-0.2, 0) is 6.54 Å². The van der Waals surface area contributed by atoms with Crippen molar-refractivity contribution in [3.05, 3.63) is 74.8 Å². The van der Waals surface area contributed by atoms with Gasteiger partial charge < -0.3 is 4.57 Å². The van der Waals surface area contributed by atoms with E-state index >= 15 is 0 Å². The summed E-state index contributed by atoms with van der Waals surface area (Å²) in [5, 5.41) is 0.530. The molecule has 5 heteroatoms. The Labute approximate surface area is 140 Å². The highest BCUT2D eigenvalue weighted by Gasteiger charge is 2.09. The third-order valence-corrected chi connectivity index (χ3v) is 4.12. The van der Waals surface area contributed by atoms with Crippen molar-refractivity contribution in [3.63, 3.8) is 0 Å². The highest BCUT2D eigenvalue weighted by molar-refractivity contribution is 14.1. The molecule has 0 radical (unpaired) electrons. The van der Waals surface area contributed by atoms with Gasteiger partial charge >= 0.3 is 0 Å². The van der Waals surface area contributed by atoms with Gasteiger partial charge in [-0.05, 0) is 52.9 Å². The number of hydrogen-bond acceptors (Lipinski definition) is 1. The van der Waals surface area contributed by atoms with Crippen LogP contribution in [0.2, 0.25) is 5.02 Å². The zero-order valence-electron chi connectivity index (χ0n) is 10.9. The number of imidazole rings is 1. The molecule has 0 aliphatic carbocycles. The molecule has 0 aliphatic heterocycles. The minimum absolute atomic E-state index is 0.262. The zero-order chi connectivity index (χ0) is 14.8. The molecule has 0 fully saturated rings. The van der Waals surface area contributed by atoms with E-state index in [1.807, 2.05) is 35.0 Å². The van der Waals surface area contributed by atoms with Crippen LogP contribution >= 0.6 is 34.2 Å². The van der Waals surface area contributed by atoms with Crippen molar-refractivity contribution in [3.8, 4) is 11.4 Å². The van der Waals surface area contributed by atoms with Crippen LogP contribution in [0.1, 0.15) is 5.56 Å². The Morgan fingerprint density at radius 3 is 2.67 bits per heavy atom. The number of nitrogens with zero attached hydrogens (tertiary/aromatic N) is 2. The largest absolute Gasteiger partial charge is 0.326 e. The van der Waals surface area contributed by atoms with E-state index in [-0.39, 0.29) is 5.82 Å². The van der Waals surface area contributed by atoms with Crippen molar-refractivity contribution < 1.29 is 4.39 Å². The number of hydrogen-bond donors (Lipinski definition) is 0. The van der Waals surface area contributed by atoms with Crippen molar-refractivity contribution >= 4 is 34.2 Å². The maximum absolute atomic E-state index is 13.9. The summed E-state index contributed by atoms with van der Waals surface area (Å²) in [7, 11) is 0. The van der Waals surface area contributed by atoms with Gasteiger partial charge in [-0.2, -0.15) is 0 Å². The maximum Gasteiger partial charge on any atom is 0.140 e. The second-order valence-corrected chi connectivity index (χ2v) is 6.30. The smallest absolute Gasteiger partial charge is 0.140 e. The first-order chi connectivity index (χ1) is 10.1. The van der Waals surface area contributed by atoms with Crippen LogP contribution in [-0.4, -0.2) is 9.55 Å². The van der Waals surface area contributed by atoms with Gasteiger partial charge in [0.25, 0.3) is 0 Å². The summed E-state index contributed by atoms with van der Waals surface area (Å²) in [6.07, 6.45) is 3.56. The van der Waals surface area contributed by atoms with Gasteiger partial charge in [0.05, 0.1) is 6.54 Å². The molecule has 3 aromatic rings. The third-order valence-electron chi connectivity index (χ3n) is 3.17. The highest BCUT2D eigenvalue weighted by Crippen LogP contribution is 2.22. The second kappa shape index (κ2) is 6.15. The minimum atomic E-state index is -0.262. The molecular weight excluding hydrogens is 402 g/mol. The zero-order valence-corrected chi connectivity index (χ0v) is 13.8. The Balaban J connectivity index is 1.96. The molecular formula is C16H11ClFIN2. The van der Waals surface area contributed by atoms with Crippen LogP contribution in [0.25, 0.3) is 11.4 Å². The highest BCUT2D eigenvalue weighted by atomic mass is 127. The lowest BCUT2D eigenvalue weighted by Crippen LogP contribution is -2.03. The van der Waals surface area contributed by atoms with Crippen LogP contribution in [0.5, 0.6) is 0 Å². The topological polar surface area (TPSA) is 17.8 Å². The summed E-state index contributed by atoms with van der Waals surface area (Å²) in [5.74, 6) is 0.549. The molecule has 21 heavy (non-hydrogen) atoms. The molecule has 0 spiro atoms. The van der Waals surface area contributed by atoms with Gasteiger partial charge in [0.15, 0.2) is 0 Å². The first-order valence-corrected chi connectivity index (χ1v) is 7.80. The Morgan fingerprint density at radius 1 is 1.14 bits per heavy atom. The molecule has 0 atom stereocenters. The fourth-order valence-electron chi connectivity index (χ4n) is 2.14. The molecule has 0 unspecified atom stereocenters. The normalized spacial score (nSPS) is 10.8. The predicted molar refractivity (Wildman–Crippen MR) is 90.9 cm³/mol. The Morgan fingerprint density at radius 2 is 1.90 bits per heavy atom. The lowest BCUT2D eigenvalue weighted by atomic mass is 10.2. The molecule has 2 aromatic carbocycles. The van der Waals surface area contributed by atoms with Crippen molar-refractivity contribution in [2.24, 2.45) is 0 Å². The number of aromatic nitrogens is 2. The molecule has 2 nitrogen and oxygen atoms in total. The monoisotopic (exact) mass is 412 g/mol. The first-order valence-electron chi connectivity index (χ1n) is 6.34. The Kier molecular flexibility index (Phi) is 4.26. The average Bonchev–Trinajstić information content (AvgIpc) is 2.92. The van der Waals surface area contributed by atoms with Gasteiger partial charge in [0, 0.05) is 32.1 Å². The molecule has 1 heterocycles. The molecule has 1 aromatic heterocycles. The van der Waals surface area contributed by atoms with Crippen molar-refractivity contribution in [2.75, 3.05) is 0 Å². The SMILES string of the molecule is Fc1ccc(Cl)cc1Cn1ccnc1-c1ccc(I)cc1. The summed E-state index contributed by atoms with van der Waals surface area (Å²) < 4.78 is 16.9. The molecule has 0 bridgehead atoms. The van der Waals surface area contributed by atoms with E-state index < -0.39 is 0 Å². The summed E-state index contributed by atoms with van der Waals surface area (Å²) in [6.45, 7) is 0.397. The van der Waals surface area contributed by atoms with Crippen molar-refractivity contribution in [1.29, 1.82) is 0 Å². The van der Waals surface area contributed by atoms with E-state index in [1.165, 1.54) is 6.07 Å². The number of halogens is 3. The fraction of sp³-hybridized carbons (Fsp3) is 0.0625. The lowest BCUT2D eigenvalue weighted by molar-refractivity contribution is 0.600. The summed E-state index contributed by atoms with van der Waals surface area (Å²) in [4.78, 5) is 4.37. The fourth-order valence-corrected chi connectivity index (χ4v) is 2.70. The second-order valence-electron chi connectivity index (χ2n) is 4.62. The van der Waals surface area contributed by atoms with E-state index in [0.29, 0.717) is 17.1 Å². The molecule has 0 aliphatic rings. The van der Waals surface area contributed by atoms with Crippen molar-refractivity contribution in [2.45, 2.75) is 6.54 Å². The Bertz CT molecular complexity index is 768. The van der Waals surface area contributed by atoms with E-state index in [0.717, 1.165) is 15.0 Å². The van der Waals surface area contributed by atoms with Gasteiger partial charge in [0.2, 0.25) is 0 Å². The lowest BCUT2D eigenvalue weighted by Gasteiger charge is -2.09. The first kappa shape index (κ1) is 14.5. The number of benzene rings is 2. The summed E-state index contributed by atoms with van der Waals surface area (Å²) in [6, 6.07) is 12.6. The third kappa shape index (κ3) is 3.27. The van der Waals surface area contributed by atoms with E-state index in [4.69, 9.17) is 11.6 Å². The van der Waals surface area contributed by atoms with Crippen LogP contribution < -0.4 is 0 Å². The molecule has 0 amide bonds. The van der Waals surface area contributed by atoms with Crippen LogP contribution in [0.15, 0.2) is 54.9 Å². The molecule has 0 saturated carbocycles. The summed E-state index contributed by atoms with van der Waals surface area (Å²) in [5.41, 5.74) is 1.55. The van der Waals surface area contributed by atoms with Gasteiger partial charge in [0.1, 0.15) is 11.6 Å². The predicted octanol–water partition coefficient (Wildman–Crippen LogP) is 5.00. The van der Waals surface area contributed by atoms with E-state index in [2.05, 4.69) is 27.6 Å². The maximum atomic E-state index is 13.9. The van der Waals surface area contributed by atoms with E-state index in [9.17, 15) is 4.39 Å². The van der Waals surface area contributed by atoms with E-state index in [1.54, 1.807) is 18.3 Å².